The molecular weight excluding hydrogens is 464 g/mol. The third-order valence-electron chi connectivity index (χ3n) is 6.36. The highest BCUT2D eigenvalue weighted by molar-refractivity contribution is 6.17. The zero-order valence-electron chi connectivity index (χ0n) is 22.0. The summed E-state index contributed by atoms with van der Waals surface area (Å²) in [6, 6.07) is 20.0. The van der Waals surface area contributed by atoms with E-state index in [1.165, 1.54) is 5.56 Å². The van der Waals surface area contributed by atoms with E-state index in [2.05, 4.69) is 32.2 Å². The van der Waals surface area contributed by atoms with Crippen molar-refractivity contribution in [1.82, 2.24) is 0 Å². The third-order valence-corrected chi connectivity index (χ3v) is 6.36. The maximum atomic E-state index is 13.2. The minimum atomic E-state index is -0.273. The molecule has 1 aliphatic rings. The van der Waals surface area contributed by atoms with Gasteiger partial charge in [-0.3, -0.25) is 14.6 Å². The molecule has 0 saturated carbocycles. The van der Waals surface area contributed by atoms with E-state index in [1.54, 1.807) is 55.6 Å². The van der Waals surface area contributed by atoms with Crippen LogP contribution < -0.4 is 14.8 Å². The number of fused-ring (bicyclic) bond motifs is 1. The quantitative estimate of drug-likeness (QED) is 0.255. The van der Waals surface area contributed by atoms with Crippen molar-refractivity contribution < 1.29 is 19.1 Å². The van der Waals surface area contributed by atoms with Crippen molar-refractivity contribution in [3.8, 4) is 11.5 Å². The van der Waals surface area contributed by atoms with Crippen LogP contribution in [-0.4, -0.2) is 36.7 Å². The largest absolute Gasteiger partial charge is 0.497 e. The number of nitrogens with zero attached hydrogens (tertiary/aromatic N) is 1. The van der Waals surface area contributed by atoms with Crippen molar-refractivity contribution >= 4 is 23.1 Å². The summed E-state index contributed by atoms with van der Waals surface area (Å²) in [5, 5.41) is 2.89. The van der Waals surface area contributed by atoms with E-state index in [0.29, 0.717) is 23.4 Å². The van der Waals surface area contributed by atoms with Gasteiger partial charge in [0.15, 0.2) is 5.78 Å². The van der Waals surface area contributed by atoms with Gasteiger partial charge in [-0.25, -0.2) is 0 Å². The summed E-state index contributed by atoms with van der Waals surface area (Å²) in [7, 11) is 1.63. The van der Waals surface area contributed by atoms with Gasteiger partial charge in [0.2, 0.25) is 0 Å². The first-order valence-electron chi connectivity index (χ1n) is 12.7. The number of carbonyl (C=O) groups excluding carboxylic acids is 2. The number of ketones is 1. The minimum absolute atomic E-state index is 0.0261. The van der Waals surface area contributed by atoms with Gasteiger partial charge in [-0.05, 0) is 92.9 Å². The van der Waals surface area contributed by atoms with Crippen LogP contribution >= 0.6 is 0 Å². The molecule has 0 fully saturated rings. The average Bonchev–Trinajstić information content (AvgIpc) is 2.89. The molecule has 0 unspecified atom stereocenters. The summed E-state index contributed by atoms with van der Waals surface area (Å²) in [6.45, 7) is 6.94. The first-order chi connectivity index (χ1) is 17.8. The van der Waals surface area contributed by atoms with Crippen molar-refractivity contribution in [1.29, 1.82) is 0 Å². The summed E-state index contributed by atoms with van der Waals surface area (Å²) in [6.07, 6.45) is 3.07. The number of nitrogens with one attached hydrogen (secondary N) is 1. The van der Waals surface area contributed by atoms with Crippen LogP contribution in [-0.2, 0) is 6.42 Å². The Morgan fingerprint density at radius 3 is 2.30 bits per heavy atom. The van der Waals surface area contributed by atoms with Crippen molar-refractivity contribution in [2.24, 2.45) is 4.99 Å². The van der Waals surface area contributed by atoms with E-state index < -0.39 is 0 Å². The van der Waals surface area contributed by atoms with Gasteiger partial charge < -0.3 is 14.8 Å². The topological polar surface area (TPSA) is 77.0 Å². The third kappa shape index (κ3) is 6.64. The summed E-state index contributed by atoms with van der Waals surface area (Å²) >= 11 is 0. The number of methoxy groups -OCH3 is 1. The maximum absolute atomic E-state index is 13.2. The Bertz CT molecular complexity index is 1290. The van der Waals surface area contributed by atoms with Crippen LogP contribution in [0, 0.1) is 0 Å². The van der Waals surface area contributed by atoms with Crippen LogP contribution in [0.5, 0.6) is 11.5 Å². The summed E-state index contributed by atoms with van der Waals surface area (Å²) in [4.78, 5) is 30.7. The number of ether oxygens (including phenoxy) is 2. The van der Waals surface area contributed by atoms with Gasteiger partial charge in [-0.2, -0.15) is 0 Å². The Kier molecular flexibility index (Phi) is 8.07. The maximum Gasteiger partial charge on any atom is 0.255 e. The van der Waals surface area contributed by atoms with Gasteiger partial charge in [-0.15, -0.1) is 0 Å². The van der Waals surface area contributed by atoms with Crippen molar-refractivity contribution in [3.63, 3.8) is 0 Å². The van der Waals surface area contributed by atoms with Gasteiger partial charge >= 0.3 is 0 Å². The van der Waals surface area contributed by atoms with Crippen molar-refractivity contribution in [2.75, 3.05) is 19.0 Å². The predicted octanol–water partition coefficient (Wildman–Crippen LogP) is 6.52. The van der Waals surface area contributed by atoms with Gasteiger partial charge in [0.05, 0.1) is 31.4 Å². The number of unbranched alkanes of at least 4 members (excludes halogenated alkanes) is 1. The normalized spacial score (nSPS) is 13.8. The second kappa shape index (κ2) is 11.4. The SMILES string of the molecule is CCCCOc1ccc(C(=O)Nc2ccc(C(=O)CC3=NC(C)(C)Cc4ccc(OC)cc43)cc2)cc1. The number of rotatable bonds is 10. The van der Waals surface area contributed by atoms with E-state index in [0.717, 1.165) is 42.0 Å². The predicted molar refractivity (Wildman–Crippen MR) is 148 cm³/mol. The van der Waals surface area contributed by atoms with Gasteiger partial charge in [0.1, 0.15) is 11.5 Å². The number of benzene rings is 3. The van der Waals surface area contributed by atoms with Crippen molar-refractivity contribution in [2.45, 2.75) is 52.0 Å². The Labute approximate surface area is 218 Å². The Balaban J connectivity index is 1.41. The zero-order chi connectivity index (χ0) is 26.4. The van der Waals surface area contributed by atoms with Gasteiger partial charge in [0.25, 0.3) is 5.91 Å². The molecule has 0 saturated heterocycles. The molecule has 1 N–H and O–H groups in total. The molecule has 6 nitrogen and oxygen atoms in total. The molecule has 4 rings (SSSR count). The number of anilines is 1. The van der Waals surface area contributed by atoms with Gasteiger partial charge in [-0.1, -0.05) is 19.4 Å². The smallest absolute Gasteiger partial charge is 0.255 e. The van der Waals surface area contributed by atoms with E-state index in [1.807, 2.05) is 12.1 Å². The van der Waals surface area contributed by atoms with Crippen LogP contribution in [0.2, 0.25) is 0 Å². The zero-order valence-corrected chi connectivity index (χ0v) is 22.0. The fourth-order valence-electron chi connectivity index (χ4n) is 4.41. The second-order valence-corrected chi connectivity index (χ2v) is 9.93. The molecule has 0 aromatic heterocycles. The fourth-order valence-corrected chi connectivity index (χ4v) is 4.41. The van der Waals surface area contributed by atoms with Gasteiger partial charge in [0, 0.05) is 22.4 Å². The first-order valence-corrected chi connectivity index (χ1v) is 12.7. The molecule has 0 atom stereocenters. The van der Waals surface area contributed by atoms with Crippen LogP contribution in [0.1, 0.15) is 71.9 Å². The van der Waals surface area contributed by atoms with Crippen molar-refractivity contribution in [3.05, 3.63) is 89.0 Å². The number of hydrogen-bond donors (Lipinski definition) is 1. The summed E-state index contributed by atoms with van der Waals surface area (Å²) in [5.74, 6) is 1.25. The highest BCUT2D eigenvalue weighted by Gasteiger charge is 2.28. The standard InChI is InChI=1S/C31H34N2O4/c1-5-6-17-37-25-14-9-22(10-15-25)30(35)32-24-12-7-21(8-13-24)29(34)19-28-27-18-26(36-4)16-11-23(27)20-31(2,3)33-28/h7-16,18H,5-6,17,19-20H2,1-4H3,(H,32,35). The van der Waals surface area contributed by atoms with E-state index in [4.69, 9.17) is 14.5 Å². The Morgan fingerprint density at radius 2 is 1.62 bits per heavy atom. The summed E-state index contributed by atoms with van der Waals surface area (Å²) < 4.78 is 11.0. The summed E-state index contributed by atoms with van der Waals surface area (Å²) in [5.41, 5.74) is 4.37. The Hall–Kier alpha value is -3.93. The second-order valence-electron chi connectivity index (χ2n) is 9.93. The lowest BCUT2D eigenvalue weighted by atomic mass is 9.85. The highest BCUT2D eigenvalue weighted by Crippen LogP contribution is 2.31. The van der Waals surface area contributed by atoms with Crippen LogP contribution in [0.3, 0.4) is 0 Å². The number of carbonyl (C=O) groups is 2. The molecule has 0 spiro atoms. The van der Waals surface area contributed by atoms with E-state index >= 15 is 0 Å². The molecule has 1 heterocycles. The molecule has 0 radical (unpaired) electrons. The number of hydrogen-bond acceptors (Lipinski definition) is 5. The first kappa shape index (κ1) is 26.1. The Morgan fingerprint density at radius 1 is 0.946 bits per heavy atom. The number of aliphatic imine (C=N–C) groups is 1. The van der Waals surface area contributed by atoms with Crippen LogP contribution in [0.25, 0.3) is 0 Å². The molecule has 6 heteroatoms. The van der Waals surface area contributed by atoms with E-state index in [-0.39, 0.29) is 23.7 Å². The molecule has 3 aromatic carbocycles. The van der Waals surface area contributed by atoms with Crippen LogP contribution in [0.15, 0.2) is 71.7 Å². The minimum Gasteiger partial charge on any atom is -0.497 e. The number of Topliss-reactive ketones (excluding diaryl/α,β-unsaturated/α-hetero) is 1. The van der Waals surface area contributed by atoms with Crippen LogP contribution in [0.4, 0.5) is 5.69 Å². The molecular formula is C31H34N2O4. The average molecular weight is 499 g/mol. The monoisotopic (exact) mass is 498 g/mol. The lowest BCUT2D eigenvalue weighted by Gasteiger charge is -2.29. The molecule has 1 amide bonds. The molecule has 0 aliphatic carbocycles. The molecule has 0 bridgehead atoms. The molecule has 37 heavy (non-hydrogen) atoms. The lowest BCUT2D eigenvalue weighted by molar-refractivity contribution is 0.0998. The lowest BCUT2D eigenvalue weighted by Crippen LogP contribution is -2.30. The number of amides is 1. The molecule has 1 aliphatic heterocycles. The van der Waals surface area contributed by atoms with E-state index in [9.17, 15) is 9.59 Å². The highest BCUT2D eigenvalue weighted by atomic mass is 16.5. The molecule has 3 aromatic rings. The fraction of sp³-hybridized carbons (Fsp3) is 0.323. The molecule has 192 valence electrons.